The second-order valence-corrected chi connectivity index (χ2v) is 11.6. The van der Waals surface area contributed by atoms with E-state index in [9.17, 15) is 9.90 Å². The lowest BCUT2D eigenvalue weighted by Crippen LogP contribution is -2.35. The molecule has 0 amide bonds. The number of aliphatic carboxylic acids is 1. The van der Waals surface area contributed by atoms with Crippen LogP contribution < -0.4 is 0 Å². The van der Waals surface area contributed by atoms with Gasteiger partial charge >= 0.3 is 5.97 Å². The molecule has 0 saturated heterocycles. The molecule has 5 nitrogen and oxygen atoms in total. The highest BCUT2D eigenvalue weighted by Crippen LogP contribution is 2.48. The van der Waals surface area contributed by atoms with Gasteiger partial charge in [-0.3, -0.25) is 4.99 Å². The number of rotatable bonds is 4. The van der Waals surface area contributed by atoms with E-state index in [1.807, 2.05) is 27.7 Å². The fraction of sp³-hybridized carbons (Fsp3) is 0.429. The number of carboxylic acids is 1. The number of fused-ring (bicyclic) bond motifs is 1. The second kappa shape index (κ2) is 8.79. The normalized spacial score (nSPS) is 24.7. The predicted octanol–water partition coefficient (Wildman–Crippen LogP) is 6.48. The molecule has 0 spiro atoms. The summed E-state index contributed by atoms with van der Waals surface area (Å²) in [5.74, 6) is 0.306. The summed E-state index contributed by atoms with van der Waals surface area (Å²) in [6.45, 7) is 8.42. The molecule has 2 aromatic carbocycles. The van der Waals surface area contributed by atoms with E-state index in [2.05, 4.69) is 65.2 Å². The topological polar surface area (TPSA) is 68.1 Å². The van der Waals surface area contributed by atoms with Crippen LogP contribution in [0.25, 0.3) is 10.8 Å². The van der Waals surface area contributed by atoms with Crippen LogP contribution in [0.2, 0.25) is 0 Å². The number of halogens is 1. The smallest absolute Gasteiger partial charge is 0.337 e. The Morgan fingerprint density at radius 2 is 2.09 bits per heavy atom. The van der Waals surface area contributed by atoms with Gasteiger partial charge in [0.1, 0.15) is 5.76 Å². The van der Waals surface area contributed by atoms with E-state index in [1.54, 1.807) is 0 Å². The Balaban J connectivity index is 1.77. The maximum absolute atomic E-state index is 12.6. The maximum Gasteiger partial charge on any atom is 0.337 e. The van der Waals surface area contributed by atoms with Gasteiger partial charge in [0.15, 0.2) is 6.10 Å². The van der Waals surface area contributed by atoms with Crippen molar-refractivity contribution in [1.29, 1.82) is 0 Å². The molecule has 178 valence electrons. The van der Waals surface area contributed by atoms with E-state index in [0.29, 0.717) is 5.92 Å². The third kappa shape index (κ3) is 4.19. The summed E-state index contributed by atoms with van der Waals surface area (Å²) < 4.78 is 13.3. The highest BCUT2D eigenvalue weighted by Gasteiger charge is 2.41. The van der Waals surface area contributed by atoms with Crippen molar-refractivity contribution in [1.82, 2.24) is 0 Å². The molecule has 0 aromatic heterocycles. The molecule has 1 aliphatic carbocycles. The number of hydrogen-bond acceptors (Lipinski definition) is 4. The first-order valence-corrected chi connectivity index (χ1v) is 12.9. The zero-order valence-electron chi connectivity index (χ0n) is 20.0. The van der Waals surface area contributed by atoms with Crippen LogP contribution in [0.3, 0.4) is 0 Å². The quantitative estimate of drug-likeness (QED) is 0.427. The van der Waals surface area contributed by atoms with Crippen molar-refractivity contribution in [3.8, 4) is 0 Å². The number of carboxylic acid groups (broad SMARTS) is 1. The molecular weight excluding hydrogens is 541 g/mol. The van der Waals surface area contributed by atoms with E-state index in [0.717, 1.165) is 56.2 Å². The molecule has 1 N–H and O–H groups in total. The lowest BCUT2D eigenvalue weighted by atomic mass is 9.71. The first-order chi connectivity index (χ1) is 16.1. The van der Waals surface area contributed by atoms with E-state index in [-0.39, 0.29) is 12.0 Å². The molecule has 0 radical (unpaired) electrons. The van der Waals surface area contributed by atoms with Crippen molar-refractivity contribution in [2.24, 2.45) is 10.9 Å². The summed E-state index contributed by atoms with van der Waals surface area (Å²) >= 11 is 2.32. The monoisotopic (exact) mass is 571 g/mol. The number of allylic oxidation sites excluding steroid dienone is 1. The van der Waals surface area contributed by atoms with Crippen LogP contribution >= 0.6 is 22.6 Å². The van der Waals surface area contributed by atoms with Crippen LogP contribution in [0.1, 0.15) is 62.3 Å². The van der Waals surface area contributed by atoms with Crippen LogP contribution in [-0.2, 0) is 14.3 Å². The molecule has 0 saturated carbocycles. The molecule has 0 bridgehead atoms. The zero-order chi connectivity index (χ0) is 24.2. The van der Waals surface area contributed by atoms with Crippen molar-refractivity contribution < 1.29 is 19.4 Å². The fourth-order valence-electron chi connectivity index (χ4n) is 5.61. The average Bonchev–Trinajstić information content (AvgIpc) is 2.77. The molecule has 4 atom stereocenters. The van der Waals surface area contributed by atoms with E-state index >= 15 is 0 Å². The van der Waals surface area contributed by atoms with Gasteiger partial charge in [-0.2, -0.15) is 0 Å². The van der Waals surface area contributed by atoms with Crippen molar-refractivity contribution >= 4 is 45.5 Å². The Kier molecular flexibility index (Phi) is 6.09. The molecule has 2 aliphatic heterocycles. The van der Waals surface area contributed by atoms with Crippen LogP contribution in [-0.4, -0.2) is 35.5 Å². The first-order valence-electron chi connectivity index (χ1n) is 11.8. The summed E-state index contributed by atoms with van der Waals surface area (Å²) in [6, 6.07) is 8.35. The molecule has 2 unspecified atom stereocenters. The van der Waals surface area contributed by atoms with Gasteiger partial charge in [0.2, 0.25) is 0 Å². The summed E-state index contributed by atoms with van der Waals surface area (Å²) in [7, 11) is 0. The van der Waals surface area contributed by atoms with Crippen LogP contribution in [0.5, 0.6) is 0 Å². The molecule has 34 heavy (non-hydrogen) atoms. The van der Waals surface area contributed by atoms with Crippen molar-refractivity contribution in [3.05, 3.63) is 68.0 Å². The Morgan fingerprint density at radius 1 is 1.29 bits per heavy atom. The Bertz CT molecular complexity index is 1250. The van der Waals surface area contributed by atoms with Gasteiger partial charge in [-0.05, 0) is 115 Å². The summed E-state index contributed by atoms with van der Waals surface area (Å²) in [4.78, 5) is 17.6. The number of benzene rings is 2. The first kappa shape index (κ1) is 23.5. The van der Waals surface area contributed by atoms with E-state index in [4.69, 9.17) is 14.5 Å². The van der Waals surface area contributed by atoms with Gasteiger partial charge in [0, 0.05) is 21.3 Å². The minimum Gasteiger partial charge on any atom is -0.494 e. The molecule has 2 heterocycles. The van der Waals surface area contributed by atoms with Crippen LogP contribution in [0.15, 0.2) is 52.7 Å². The third-order valence-electron chi connectivity index (χ3n) is 6.90. The largest absolute Gasteiger partial charge is 0.494 e. The van der Waals surface area contributed by atoms with E-state index < -0.39 is 17.7 Å². The minimum absolute atomic E-state index is 0.0915. The van der Waals surface area contributed by atoms with Crippen LogP contribution in [0.4, 0.5) is 0 Å². The average molecular weight is 571 g/mol. The van der Waals surface area contributed by atoms with E-state index in [1.165, 1.54) is 5.57 Å². The molecule has 2 aromatic rings. The summed E-state index contributed by atoms with van der Waals surface area (Å²) in [6.07, 6.45) is 7.13. The molecule has 0 fully saturated rings. The molecule has 6 heteroatoms. The van der Waals surface area contributed by atoms with Crippen LogP contribution in [0, 0.1) is 16.4 Å². The second-order valence-electron chi connectivity index (χ2n) is 10.4. The highest BCUT2D eigenvalue weighted by molar-refractivity contribution is 14.1. The number of ether oxygens (including phenoxy) is 2. The van der Waals surface area contributed by atoms with Crippen molar-refractivity contribution in [2.75, 3.05) is 6.61 Å². The Labute approximate surface area is 214 Å². The molecule has 3 aliphatic rings. The lowest BCUT2D eigenvalue weighted by molar-refractivity contribution is -0.160. The zero-order valence-corrected chi connectivity index (χ0v) is 22.1. The van der Waals surface area contributed by atoms with Gasteiger partial charge in [-0.15, -0.1) is 0 Å². The maximum atomic E-state index is 12.6. The minimum atomic E-state index is -1.08. The summed E-state index contributed by atoms with van der Waals surface area (Å²) in [5, 5.41) is 12.5. The molecular formula is C28H30INO4. The van der Waals surface area contributed by atoms with Gasteiger partial charge in [-0.25, -0.2) is 4.79 Å². The lowest BCUT2D eigenvalue weighted by Gasteiger charge is -2.40. The Hall–Kier alpha value is -2.19. The number of aryl methyl sites for hydroxylation is 1. The predicted molar refractivity (Wildman–Crippen MR) is 142 cm³/mol. The van der Waals surface area contributed by atoms with Gasteiger partial charge < -0.3 is 14.6 Å². The fourth-order valence-corrected chi connectivity index (χ4v) is 6.12. The highest BCUT2D eigenvalue weighted by atomic mass is 127. The number of carbonyl (C=O) groups is 1. The third-order valence-corrected chi connectivity index (χ3v) is 7.57. The van der Waals surface area contributed by atoms with Gasteiger partial charge in [-0.1, -0.05) is 18.2 Å². The van der Waals surface area contributed by atoms with Crippen molar-refractivity contribution in [2.45, 2.75) is 64.2 Å². The number of nitrogens with zero attached hydrogens (tertiary/aromatic N) is 1. The summed E-state index contributed by atoms with van der Waals surface area (Å²) in [5.41, 5.74) is 3.31. The van der Waals surface area contributed by atoms with Gasteiger partial charge in [0.25, 0.3) is 0 Å². The van der Waals surface area contributed by atoms with Crippen molar-refractivity contribution in [3.63, 3.8) is 0 Å². The Morgan fingerprint density at radius 3 is 2.82 bits per heavy atom. The van der Waals surface area contributed by atoms with Gasteiger partial charge in [0.05, 0.1) is 18.2 Å². The SMILES string of the molecule is Cc1cc2cc(I)ccc2c([C@@H]2C=CC3=C4C(CC=NC42)CCO3)c1[C@@H](OC(C)(C)C)C(=O)O. The number of hydrogen-bond donors (Lipinski definition) is 1. The number of aliphatic imine (C=N–C) groups is 1. The molecule has 5 rings (SSSR count). The standard InChI is InChI=1S/C28H30INO4/c1-15-13-17-14-18(29)5-6-19(17)24(22(15)26(27(31)32)34-28(2,3)4)20-7-8-21-23-16(10-12-33-21)9-11-30-25(20)23/h5-8,11,13-14,16,20,25-26H,9-10,12H2,1-4H3,(H,31,32)/t16?,20-,25?,26+/m0/s1.